The summed E-state index contributed by atoms with van der Waals surface area (Å²) in [7, 11) is 0. The van der Waals surface area contributed by atoms with Gasteiger partial charge in [0, 0.05) is 10.7 Å². The van der Waals surface area contributed by atoms with E-state index in [4.69, 9.17) is 18.0 Å². The molecular weight excluding hydrogens is 503 g/mol. The lowest BCUT2D eigenvalue weighted by molar-refractivity contribution is -0.150. The number of carbonyl (C=O) groups excluding carboxylic acids is 2. The van der Waals surface area contributed by atoms with Gasteiger partial charge in [0.15, 0.2) is 5.11 Å². The molecule has 0 bridgehead atoms. The Kier molecular flexibility index (Phi) is 7.22. The predicted molar refractivity (Wildman–Crippen MR) is 131 cm³/mol. The highest BCUT2D eigenvalue weighted by Gasteiger charge is 2.54. The summed E-state index contributed by atoms with van der Waals surface area (Å²) in [6.07, 6.45) is 0.152. The number of hydrogen-bond donors (Lipinski definition) is 4. The number of carboxylic acid groups (broad SMARTS) is 1. The van der Waals surface area contributed by atoms with Gasteiger partial charge in [0.05, 0.1) is 28.4 Å². The van der Waals surface area contributed by atoms with Gasteiger partial charge in [-0.05, 0) is 17.8 Å². The lowest BCUT2D eigenvalue weighted by atomic mass is 10.0. The Hall–Kier alpha value is -2.61. The third kappa shape index (κ3) is 5.16. The van der Waals surface area contributed by atoms with Crippen molar-refractivity contribution in [3.8, 4) is 0 Å². The Bertz CT molecular complexity index is 1140. The monoisotopic (exact) mass is 521 g/mol. The number of nitrogens with two attached hydrogens (primary N) is 1. The molecule has 0 spiro atoms. The van der Waals surface area contributed by atoms with Gasteiger partial charge in [-0.1, -0.05) is 42.1 Å². The Labute approximate surface area is 207 Å². The molecule has 0 aliphatic carbocycles. The summed E-state index contributed by atoms with van der Waals surface area (Å²) in [4.78, 5) is 43.4. The summed E-state index contributed by atoms with van der Waals surface area (Å²) >= 11 is 8.89. The zero-order valence-corrected chi connectivity index (χ0v) is 20.3. The summed E-state index contributed by atoms with van der Waals surface area (Å²) in [6.45, 7) is 0.324. The van der Waals surface area contributed by atoms with E-state index in [1.54, 1.807) is 5.51 Å². The molecule has 0 unspecified atom stereocenters. The van der Waals surface area contributed by atoms with Gasteiger partial charge < -0.3 is 21.5 Å². The number of carboxylic acids is 1. The Morgan fingerprint density at radius 1 is 1.33 bits per heavy atom. The lowest BCUT2D eigenvalue weighted by Crippen LogP contribution is -2.70. The van der Waals surface area contributed by atoms with E-state index in [1.165, 1.54) is 39.8 Å². The summed E-state index contributed by atoms with van der Waals surface area (Å²) in [6, 6.07) is 8.47. The van der Waals surface area contributed by atoms with E-state index < -0.39 is 23.3 Å². The van der Waals surface area contributed by atoms with Crippen LogP contribution in [0.2, 0.25) is 0 Å². The van der Waals surface area contributed by atoms with Gasteiger partial charge in [-0.2, -0.15) is 0 Å². The molecule has 9 nitrogen and oxygen atoms in total. The normalized spacial score (nSPS) is 19.5. The fourth-order valence-corrected chi connectivity index (χ4v) is 7.03. The van der Waals surface area contributed by atoms with Crippen molar-refractivity contribution in [3.05, 3.63) is 57.7 Å². The number of nitrogens with one attached hydrogen (secondary N) is 2. The van der Waals surface area contributed by atoms with Gasteiger partial charge in [0.25, 0.3) is 5.91 Å². The fourth-order valence-electron chi connectivity index (χ4n) is 3.42. The topological polar surface area (TPSA) is 138 Å². The maximum absolute atomic E-state index is 12.8. The van der Waals surface area contributed by atoms with E-state index in [-0.39, 0.29) is 23.1 Å². The van der Waals surface area contributed by atoms with Crippen LogP contribution in [-0.2, 0) is 27.3 Å². The smallest absolute Gasteiger partial charge is 0.353 e. The summed E-state index contributed by atoms with van der Waals surface area (Å²) < 4.78 is 0.798. The zero-order valence-electron chi connectivity index (χ0n) is 17.0. The maximum Gasteiger partial charge on any atom is 0.353 e. The van der Waals surface area contributed by atoms with Crippen LogP contribution in [0.25, 0.3) is 0 Å². The Morgan fingerprint density at radius 2 is 2.09 bits per heavy atom. The van der Waals surface area contributed by atoms with Crippen LogP contribution < -0.4 is 16.4 Å². The Balaban J connectivity index is 1.47. The second kappa shape index (κ2) is 10.1. The molecule has 1 aromatic carbocycles. The lowest BCUT2D eigenvalue weighted by Gasteiger charge is -2.49. The van der Waals surface area contributed by atoms with Crippen LogP contribution in [0.3, 0.4) is 0 Å². The highest BCUT2D eigenvalue weighted by atomic mass is 32.2. The number of thiazole rings is 1. The van der Waals surface area contributed by atoms with Crippen molar-refractivity contribution in [1.82, 2.24) is 20.5 Å². The quantitative estimate of drug-likeness (QED) is 0.299. The average Bonchev–Trinajstić information content (AvgIpc) is 3.23. The van der Waals surface area contributed by atoms with E-state index in [2.05, 4.69) is 15.6 Å². The first-order valence-corrected chi connectivity index (χ1v) is 12.9. The van der Waals surface area contributed by atoms with Gasteiger partial charge in [-0.15, -0.1) is 23.1 Å². The molecule has 172 valence electrons. The minimum atomic E-state index is -1.18. The van der Waals surface area contributed by atoms with Gasteiger partial charge in [-0.25, -0.2) is 9.78 Å². The molecule has 1 aromatic heterocycles. The summed E-state index contributed by atoms with van der Waals surface area (Å²) in [5.74, 6) is -1.49. The fraction of sp³-hybridized carbons (Fsp3) is 0.250. The largest absolute Gasteiger partial charge is 0.477 e. The molecule has 1 fully saturated rings. The highest BCUT2D eigenvalue weighted by molar-refractivity contribution is 8.07. The maximum atomic E-state index is 12.8. The van der Waals surface area contributed by atoms with Crippen molar-refractivity contribution in [2.45, 2.75) is 28.6 Å². The molecule has 4 rings (SSSR count). The number of hydrogen-bond acceptors (Lipinski definition) is 8. The summed E-state index contributed by atoms with van der Waals surface area (Å²) in [5.41, 5.74) is 8.62. The van der Waals surface area contributed by atoms with Crippen LogP contribution in [0, 0.1) is 0 Å². The summed E-state index contributed by atoms with van der Waals surface area (Å²) in [5, 5.41) is 15.1. The van der Waals surface area contributed by atoms with E-state index in [0.717, 1.165) is 9.77 Å². The molecule has 0 saturated carbocycles. The number of fused-ring (bicyclic) bond motifs is 1. The second-order valence-electron chi connectivity index (χ2n) is 7.10. The number of nitrogens with zero attached hydrogens (tertiary/aromatic N) is 2. The first-order chi connectivity index (χ1) is 15.8. The minimum Gasteiger partial charge on any atom is -0.477 e. The SMILES string of the molecule is NC(=S)NCc1ncsc1SC1=C(C(=O)O)N2C(=O)[C@@H](NC(=O)Cc3ccccc3)[C@H]2SC1. The van der Waals surface area contributed by atoms with Crippen LogP contribution in [0.1, 0.15) is 11.3 Å². The van der Waals surface area contributed by atoms with Gasteiger partial charge in [0.1, 0.15) is 17.1 Å². The standard InChI is InChI=1S/C20H19N5O4S4/c21-20(30)22-7-11-19(32-9-23-11)33-12-8-31-17-14(16(27)25(17)15(12)18(28)29)24-13(26)6-10-4-2-1-3-5-10/h1-5,9,14,17H,6-8H2,(H,24,26)(H,28,29)(H3,21,22,30)/t14-,17-/m1/s1. The number of thioether (sulfide) groups is 2. The van der Waals surface area contributed by atoms with Gasteiger partial charge in [-0.3, -0.25) is 14.5 Å². The minimum absolute atomic E-state index is 0.0519. The molecule has 5 N–H and O–H groups in total. The molecule has 13 heteroatoms. The molecule has 1 saturated heterocycles. The van der Waals surface area contributed by atoms with Crippen LogP contribution in [0.4, 0.5) is 0 Å². The molecule has 2 aromatic rings. The number of rotatable bonds is 8. The number of β-lactam (4-membered cyclic amide) rings is 1. The molecule has 33 heavy (non-hydrogen) atoms. The number of carbonyl (C=O) groups is 3. The van der Waals surface area contributed by atoms with E-state index in [0.29, 0.717) is 22.9 Å². The Morgan fingerprint density at radius 3 is 2.79 bits per heavy atom. The van der Waals surface area contributed by atoms with Crippen LogP contribution in [0.15, 0.2) is 50.7 Å². The van der Waals surface area contributed by atoms with Crippen LogP contribution in [0.5, 0.6) is 0 Å². The first-order valence-electron chi connectivity index (χ1n) is 9.73. The third-order valence-corrected chi connectivity index (χ3v) is 8.72. The average molecular weight is 522 g/mol. The zero-order chi connectivity index (χ0) is 23.5. The highest BCUT2D eigenvalue weighted by Crippen LogP contribution is 2.46. The van der Waals surface area contributed by atoms with Crippen LogP contribution >= 0.6 is 47.1 Å². The molecule has 2 aliphatic heterocycles. The van der Waals surface area contributed by atoms with Crippen molar-refractivity contribution >= 4 is 70.0 Å². The van der Waals surface area contributed by atoms with Crippen molar-refractivity contribution < 1.29 is 19.5 Å². The van der Waals surface area contributed by atoms with Gasteiger partial charge >= 0.3 is 5.97 Å². The number of benzene rings is 1. The molecule has 0 radical (unpaired) electrons. The number of amides is 2. The van der Waals surface area contributed by atoms with Crippen molar-refractivity contribution in [3.63, 3.8) is 0 Å². The van der Waals surface area contributed by atoms with Crippen molar-refractivity contribution in [2.24, 2.45) is 5.73 Å². The second-order valence-corrected chi connectivity index (χ2v) is 10.9. The van der Waals surface area contributed by atoms with E-state index in [1.807, 2.05) is 30.3 Å². The van der Waals surface area contributed by atoms with Crippen molar-refractivity contribution in [1.29, 1.82) is 0 Å². The first kappa shape index (κ1) is 23.5. The van der Waals surface area contributed by atoms with Crippen molar-refractivity contribution in [2.75, 3.05) is 5.75 Å². The number of thiocarbonyl (C=S) groups is 1. The molecule has 2 atom stereocenters. The van der Waals surface area contributed by atoms with Crippen LogP contribution in [-0.4, -0.2) is 55.1 Å². The third-order valence-electron chi connectivity index (χ3n) is 4.91. The van der Waals surface area contributed by atoms with Gasteiger partial charge in [0.2, 0.25) is 5.91 Å². The molecular formula is C20H19N5O4S4. The number of aromatic nitrogens is 1. The molecule has 3 heterocycles. The molecule has 2 aliphatic rings. The predicted octanol–water partition coefficient (Wildman–Crippen LogP) is 1.51. The number of aliphatic carboxylic acids is 1. The van der Waals surface area contributed by atoms with E-state index >= 15 is 0 Å². The molecule has 2 amide bonds. The van der Waals surface area contributed by atoms with E-state index in [9.17, 15) is 19.5 Å².